The number of hydrogen-bond donors (Lipinski definition) is 2. The minimum atomic E-state index is -0.487. The molecule has 94 valence electrons. The zero-order valence-electron chi connectivity index (χ0n) is 9.50. The van der Waals surface area contributed by atoms with E-state index in [2.05, 4.69) is 4.90 Å². The normalized spacial score (nSPS) is 19.9. The molecular formula is C12H16ClFN2O. The van der Waals surface area contributed by atoms with Crippen LogP contribution in [0, 0.1) is 11.7 Å². The standard InChI is InChI=1S/C12H16ClFN2O/c13-9-5-12(11(15)6-10(9)14)16-3-1-8(7-16)2-4-17/h5-6,8,17H,1-4,7,15H2. The van der Waals surface area contributed by atoms with Gasteiger partial charge in [0, 0.05) is 25.8 Å². The number of hydrogen-bond acceptors (Lipinski definition) is 3. The van der Waals surface area contributed by atoms with Gasteiger partial charge in [-0.15, -0.1) is 0 Å². The number of nitrogens with two attached hydrogens (primary N) is 1. The molecule has 5 heteroatoms. The highest BCUT2D eigenvalue weighted by atomic mass is 35.5. The summed E-state index contributed by atoms with van der Waals surface area (Å²) in [5, 5.41) is 9.00. The van der Waals surface area contributed by atoms with Gasteiger partial charge in [-0.25, -0.2) is 4.39 Å². The fourth-order valence-corrected chi connectivity index (χ4v) is 2.45. The van der Waals surface area contributed by atoms with Crippen molar-refractivity contribution in [2.75, 3.05) is 30.3 Å². The number of anilines is 2. The van der Waals surface area contributed by atoms with Crippen LogP contribution in [-0.4, -0.2) is 24.8 Å². The zero-order valence-corrected chi connectivity index (χ0v) is 10.3. The van der Waals surface area contributed by atoms with Gasteiger partial charge in [0.05, 0.1) is 16.4 Å². The van der Waals surface area contributed by atoms with Gasteiger partial charge in [0.2, 0.25) is 0 Å². The highest BCUT2D eigenvalue weighted by molar-refractivity contribution is 6.31. The predicted octanol–water partition coefficient (Wildman–Crippen LogP) is 2.27. The van der Waals surface area contributed by atoms with Crippen molar-refractivity contribution < 1.29 is 9.50 Å². The van der Waals surface area contributed by atoms with Crippen LogP contribution in [0.2, 0.25) is 5.02 Å². The van der Waals surface area contributed by atoms with Crippen molar-refractivity contribution in [3.63, 3.8) is 0 Å². The number of nitrogen functional groups attached to an aromatic ring is 1. The molecule has 1 aromatic carbocycles. The van der Waals surface area contributed by atoms with Crippen LogP contribution < -0.4 is 10.6 Å². The summed E-state index contributed by atoms with van der Waals surface area (Å²) >= 11 is 5.76. The first-order valence-corrected chi connectivity index (χ1v) is 6.10. The maximum absolute atomic E-state index is 13.2. The third-order valence-electron chi connectivity index (χ3n) is 3.23. The summed E-state index contributed by atoms with van der Waals surface area (Å²) in [7, 11) is 0. The van der Waals surface area contributed by atoms with Crippen molar-refractivity contribution in [2.45, 2.75) is 12.8 Å². The van der Waals surface area contributed by atoms with Gasteiger partial charge in [-0.05, 0) is 24.8 Å². The molecule has 0 aliphatic carbocycles. The number of benzene rings is 1. The van der Waals surface area contributed by atoms with Gasteiger partial charge < -0.3 is 15.7 Å². The molecule has 0 saturated carbocycles. The molecule has 2 rings (SSSR count). The molecule has 0 spiro atoms. The van der Waals surface area contributed by atoms with Crippen LogP contribution in [0.4, 0.5) is 15.8 Å². The van der Waals surface area contributed by atoms with E-state index in [1.165, 1.54) is 6.07 Å². The van der Waals surface area contributed by atoms with E-state index in [1.54, 1.807) is 6.07 Å². The van der Waals surface area contributed by atoms with Gasteiger partial charge in [-0.1, -0.05) is 11.6 Å². The SMILES string of the molecule is Nc1cc(F)c(Cl)cc1N1CCC(CCO)C1. The molecule has 0 radical (unpaired) electrons. The van der Waals surface area contributed by atoms with Crippen LogP contribution in [-0.2, 0) is 0 Å². The minimum Gasteiger partial charge on any atom is -0.397 e. The van der Waals surface area contributed by atoms with Crippen molar-refractivity contribution >= 4 is 23.0 Å². The van der Waals surface area contributed by atoms with Crippen molar-refractivity contribution in [2.24, 2.45) is 5.92 Å². The molecule has 3 N–H and O–H groups in total. The quantitative estimate of drug-likeness (QED) is 0.818. The maximum atomic E-state index is 13.2. The average molecular weight is 259 g/mol. The Bertz CT molecular complexity index is 414. The van der Waals surface area contributed by atoms with Gasteiger partial charge in [-0.2, -0.15) is 0 Å². The summed E-state index contributed by atoms with van der Waals surface area (Å²) in [5.41, 5.74) is 7.00. The van der Waals surface area contributed by atoms with Gasteiger partial charge in [0.15, 0.2) is 0 Å². The Balaban J connectivity index is 2.16. The smallest absolute Gasteiger partial charge is 0.143 e. The molecule has 1 aliphatic heterocycles. The van der Waals surface area contributed by atoms with Gasteiger partial charge in [0.1, 0.15) is 5.82 Å². The topological polar surface area (TPSA) is 49.5 Å². The van der Waals surface area contributed by atoms with Crippen LogP contribution >= 0.6 is 11.6 Å². The summed E-state index contributed by atoms with van der Waals surface area (Å²) in [5.74, 6) is -0.0118. The summed E-state index contributed by atoms with van der Waals surface area (Å²) in [4.78, 5) is 2.10. The lowest BCUT2D eigenvalue weighted by molar-refractivity contribution is 0.263. The Kier molecular flexibility index (Phi) is 3.74. The molecular weight excluding hydrogens is 243 g/mol. The van der Waals surface area contributed by atoms with Crippen LogP contribution in [0.5, 0.6) is 0 Å². The fraction of sp³-hybridized carbons (Fsp3) is 0.500. The Hall–Kier alpha value is -1.00. The van der Waals surface area contributed by atoms with Crippen LogP contribution in [0.25, 0.3) is 0 Å². The number of halogens is 2. The third kappa shape index (κ3) is 2.64. The second-order valence-corrected chi connectivity index (χ2v) is 4.85. The van der Waals surface area contributed by atoms with Crippen LogP contribution in [0.1, 0.15) is 12.8 Å². The number of aliphatic hydroxyl groups excluding tert-OH is 1. The Labute approximate surface area is 105 Å². The molecule has 1 aromatic rings. The first-order chi connectivity index (χ1) is 8.11. The molecule has 0 bridgehead atoms. The van der Waals surface area contributed by atoms with E-state index in [-0.39, 0.29) is 11.6 Å². The largest absolute Gasteiger partial charge is 0.397 e. The Morgan fingerprint density at radius 3 is 3.00 bits per heavy atom. The van der Waals surface area contributed by atoms with Crippen LogP contribution in [0.3, 0.4) is 0 Å². The molecule has 0 aromatic heterocycles. The number of nitrogens with zero attached hydrogens (tertiary/aromatic N) is 1. The van der Waals surface area contributed by atoms with E-state index >= 15 is 0 Å². The van der Waals surface area contributed by atoms with E-state index < -0.39 is 5.82 Å². The molecule has 1 atom stereocenters. The van der Waals surface area contributed by atoms with E-state index in [0.29, 0.717) is 11.6 Å². The minimum absolute atomic E-state index is 0.0970. The molecule has 17 heavy (non-hydrogen) atoms. The molecule has 1 unspecified atom stereocenters. The second kappa shape index (κ2) is 5.10. The van der Waals surface area contributed by atoms with E-state index in [4.69, 9.17) is 22.4 Å². The van der Waals surface area contributed by atoms with Crippen molar-refractivity contribution in [3.05, 3.63) is 23.0 Å². The highest BCUT2D eigenvalue weighted by Crippen LogP contribution is 2.33. The summed E-state index contributed by atoms with van der Waals surface area (Å²) in [6.07, 6.45) is 1.82. The van der Waals surface area contributed by atoms with E-state index in [0.717, 1.165) is 31.6 Å². The molecule has 3 nitrogen and oxygen atoms in total. The van der Waals surface area contributed by atoms with Crippen molar-refractivity contribution in [3.8, 4) is 0 Å². The molecule has 1 heterocycles. The summed E-state index contributed by atoms with van der Waals surface area (Å²) < 4.78 is 13.2. The van der Waals surface area contributed by atoms with Gasteiger partial charge >= 0.3 is 0 Å². The first kappa shape index (κ1) is 12.5. The fourth-order valence-electron chi connectivity index (χ4n) is 2.30. The second-order valence-electron chi connectivity index (χ2n) is 4.44. The molecule has 0 amide bonds. The third-order valence-corrected chi connectivity index (χ3v) is 3.52. The summed E-state index contributed by atoms with van der Waals surface area (Å²) in [6.45, 7) is 1.92. The molecule has 1 aliphatic rings. The highest BCUT2D eigenvalue weighted by Gasteiger charge is 2.24. The number of rotatable bonds is 3. The zero-order chi connectivity index (χ0) is 12.4. The Morgan fingerprint density at radius 1 is 1.53 bits per heavy atom. The van der Waals surface area contributed by atoms with Crippen molar-refractivity contribution in [1.82, 2.24) is 0 Å². The average Bonchev–Trinajstić information content (AvgIpc) is 2.72. The van der Waals surface area contributed by atoms with Gasteiger partial charge in [-0.3, -0.25) is 0 Å². The predicted molar refractivity (Wildman–Crippen MR) is 67.8 cm³/mol. The summed E-state index contributed by atoms with van der Waals surface area (Å²) in [6, 6.07) is 2.84. The van der Waals surface area contributed by atoms with Crippen molar-refractivity contribution in [1.29, 1.82) is 0 Å². The number of aliphatic hydroxyl groups is 1. The van der Waals surface area contributed by atoms with Gasteiger partial charge in [0.25, 0.3) is 0 Å². The Morgan fingerprint density at radius 2 is 2.29 bits per heavy atom. The lowest BCUT2D eigenvalue weighted by atomic mass is 10.1. The lowest BCUT2D eigenvalue weighted by Gasteiger charge is -2.21. The van der Waals surface area contributed by atoms with E-state index in [9.17, 15) is 4.39 Å². The lowest BCUT2D eigenvalue weighted by Crippen LogP contribution is -2.21. The monoisotopic (exact) mass is 258 g/mol. The molecule has 1 saturated heterocycles. The van der Waals surface area contributed by atoms with Crippen LogP contribution in [0.15, 0.2) is 12.1 Å². The van der Waals surface area contributed by atoms with E-state index in [1.807, 2.05) is 0 Å². The maximum Gasteiger partial charge on any atom is 0.143 e. The molecule has 1 fully saturated rings. The first-order valence-electron chi connectivity index (χ1n) is 5.72.